The first-order valence-electron chi connectivity index (χ1n) is 10.6. The average Bonchev–Trinajstić information content (AvgIpc) is 3.00. The third-order valence-corrected chi connectivity index (χ3v) is 5.60. The molecule has 1 saturated carbocycles. The smallest absolute Gasteiger partial charge is 0.408 e. The third kappa shape index (κ3) is 6.87. The summed E-state index contributed by atoms with van der Waals surface area (Å²) in [5.41, 5.74) is -0.851. The number of hydrogen-bond donors (Lipinski definition) is 1. The average molecular weight is 446 g/mol. The van der Waals surface area contributed by atoms with Crippen molar-refractivity contribution >= 4 is 23.7 Å². The van der Waals surface area contributed by atoms with E-state index in [0.29, 0.717) is 12.8 Å². The normalized spacial score (nSPS) is 21.4. The Balaban J connectivity index is 2.37. The minimum absolute atomic E-state index is 0.0782. The quantitative estimate of drug-likeness (QED) is 0.700. The molecule has 31 heavy (non-hydrogen) atoms. The van der Waals surface area contributed by atoms with Crippen molar-refractivity contribution in [2.45, 2.75) is 70.4 Å². The van der Waals surface area contributed by atoms with Gasteiger partial charge in [0.15, 0.2) is 0 Å². The lowest BCUT2D eigenvalue weighted by atomic mass is 9.75. The van der Waals surface area contributed by atoms with Crippen LogP contribution in [0.2, 0.25) is 0 Å². The molecule has 176 valence electrons. The van der Waals surface area contributed by atoms with Gasteiger partial charge in [-0.25, -0.2) is 13.6 Å². The summed E-state index contributed by atoms with van der Waals surface area (Å²) in [4.78, 5) is 52.9. The number of ketones is 1. The van der Waals surface area contributed by atoms with Crippen molar-refractivity contribution in [2.24, 2.45) is 11.8 Å². The Morgan fingerprint density at radius 1 is 1.19 bits per heavy atom. The van der Waals surface area contributed by atoms with Crippen molar-refractivity contribution in [3.8, 4) is 0 Å². The summed E-state index contributed by atoms with van der Waals surface area (Å²) in [7, 11) is 3.06. The first kappa shape index (κ1) is 25.0. The Bertz CT molecular complexity index is 710. The molecule has 1 saturated heterocycles. The van der Waals surface area contributed by atoms with Crippen LogP contribution in [0, 0.1) is 11.8 Å². The third-order valence-electron chi connectivity index (χ3n) is 5.60. The second-order valence-electron chi connectivity index (χ2n) is 9.62. The standard InChI is InChI=1S/C21H33F2N3O5/c1-20(2,3)31-19(30)24-16(18(29)26-11-10-21(22,23)12-26)15(17(28)25(4)5)13-6-8-14(27)9-7-13/h13,15-16H,6-12H2,1-5H3,(H,24,30)/t15-,16?/m0/s1. The molecule has 0 aromatic rings. The van der Waals surface area contributed by atoms with Crippen molar-refractivity contribution in [1.82, 2.24) is 15.1 Å². The number of alkyl carbamates (subject to hydrolysis) is 1. The van der Waals surface area contributed by atoms with Gasteiger partial charge in [0.05, 0.1) is 12.5 Å². The van der Waals surface area contributed by atoms with Gasteiger partial charge in [0, 0.05) is 39.9 Å². The van der Waals surface area contributed by atoms with Crippen molar-refractivity contribution < 1.29 is 32.7 Å². The largest absolute Gasteiger partial charge is 0.444 e. The van der Waals surface area contributed by atoms with E-state index in [-0.39, 0.29) is 31.1 Å². The van der Waals surface area contributed by atoms with E-state index in [4.69, 9.17) is 4.74 Å². The molecule has 2 fully saturated rings. The Morgan fingerprint density at radius 3 is 2.23 bits per heavy atom. The zero-order valence-corrected chi connectivity index (χ0v) is 18.9. The first-order valence-corrected chi connectivity index (χ1v) is 10.6. The van der Waals surface area contributed by atoms with Crippen LogP contribution in [0.3, 0.4) is 0 Å². The molecule has 0 bridgehead atoms. The number of amides is 3. The van der Waals surface area contributed by atoms with E-state index in [1.54, 1.807) is 20.8 Å². The summed E-state index contributed by atoms with van der Waals surface area (Å²) in [6.45, 7) is 4.04. The summed E-state index contributed by atoms with van der Waals surface area (Å²) in [6.07, 6.45) is -0.0472. The van der Waals surface area contributed by atoms with Crippen molar-refractivity contribution in [1.29, 1.82) is 0 Å². The number of likely N-dealkylation sites (tertiary alicyclic amines) is 1. The number of Topliss-reactive ketones (excluding diaryl/α,β-unsaturated/α-hetero) is 1. The minimum Gasteiger partial charge on any atom is -0.444 e. The molecule has 8 nitrogen and oxygen atoms in total. The fraction of sp³-hybridized carbons (Fsp3) is 0.810. The monoisotopic (exact) mass is 445 g/mol. The number of carbonyl (C=O) groups excluding carboxylic acids is 4. The maximum Gasteiger partial charge on any atom is 0.408 e. The Labute approximate surface area is 181 Å². The highest BCUT2D eigenvalue weighted by molar-refractivity contribution is 5.93. The lowest BCUT2D eigenvalue weighted by Crippen LogP contribution is -2.58. The van der Waals surface area contributed by atoms with Crippen LogP contribution in [0.15, 0.2) is 0 Å². The second kappa shape index (κ2) is 9.48. The Hall–Kier alpha value is -2.26. The number of ether oxygens (including phenoxy) is 1. The van der Waals surface area contributed by atoms with Gasteiger partial charge in [-0.1, -0.05) is 0 Å². The van der Waals surface area contributed by atoms with Crippen LogP contribution in [0.25, 0.3) is 0 Å². The second-order valence-corrected chi connectivity index (χ2v) is 9.62. The van der Waals surface area contributed by atoms with Gasteiger partial charge in [0.1, 0.15) is 17.4 Å². The van der Waals surface area contributed by atoms with E-state index in [1.807, 2.05) is 0 Å². The zero-order valence-electron chi connectivity index (χ0n) is 18.9. The highest BCUT2D eigenvalue weighted by atomic mass is 19.3. The zero-order chi connectivity index (χ0) is 23.6. The summed E-state index contributed by atoms with van der Waals surface area (Å²) >= 11 is 0. The predicted molar refractivity (Wildman–Crippen MR) is 108 cm³/mol. The molecule has 1 N–H and O–H groups in total. The van der Waals surface area contributed by atoms with Crippen LogP contribution in [0.4, 0.5) is 13.6 Å². The molecular weight excluding hydrogens is 412 g/mol. The molecule has 0 aromatic carbocycles. The number of nitrogens with zero attached hydrogens (tertiary/aromatic N) is 2. The van der Waals surface area contributed by atoms with E-state index in [1.165, 1.54) is 19.0 Å². The van der Waals surface area contributed by atoms with Crippen LogP contribution in [-0.4, -0.2) is 78.2 Å². The lowest BCUT2D eigenvalue weighted by molar-refractivity contribution is -0.145. The highest BCUT2D eigenvalue weighted by Crippen LogP contribution is 2.34. The number of hydrogen-bond acceptors (Lipinski definition) is 5. The van der Waals surface area contributed by atoms with Crippen LogP contribution in [0.1, 0.15) is 52.9 Å². The summed E-state index contributed by atoms with van der Waals surface area (Å²) in [6, 6.07) is -1.36. The van der Waals surface area contributed by atoms with Gasteiger partial charge >= 0.3 is 6.09 Å². The van der Waals surface area contributed by atoms with Crippen molar-refractivity contribution in [3.05, 3.63) is 0 Å². The van der Waals surface area contributed by atoms with Gasteiger partial charge in [0.25, 0.3) is 5.92 Å². The molecular formula is C21H33F2N3O5. The Kier molecular flexibility index (Phi) is 7.65. The maximum atomic E-state index is 13.8. The number of nitrogens with one attached hydrogen (secondary N) is 1. The number of halogens is 2. The molecule has 1 unspecified atom stereocenters. The molecule has 3 amide bonds. The van der Waals surface area contributed by atoms with E-state index in [2.05, 4.69) is 5.32 Å². The van der Waals surface area contributed by atoms with Gasteiger partial charge in [-0.2, -0.15) is 0 Å². The van der Waals surface area contributed by atoms with Crippen LogP contribution >= 0.6 is 0 Å². The predicted octanol–water partition coefficient (Wildman–Crippen LogP) is 2.21. The van der Waals surface area contributed by atoms with Gasteiger partial charge in [-0.05, 0) is 39.5 Å². The molecule has 0 radical (unpaired) electrons. The van der Waals surface area contributed by atoms with Gasteiger partial charge < -0.3 is 19.9 Å². The SMILES string of the molecule is CN(C)C(=O)[C@@H](C1CCC(=O)CC1)C(NC(=O)OC(C)(C)C)C(=O)N1CCC(F)(F)C1. The molecule has 2 aliphatic rings. The number of rotatable bonds is 5. The fourth-order valence-corrected chi connectivity index (χ4v) is 4.10. The molecule has 1 aliphatic carbocycles. The van der Waals surface area contributed by atoms with Gasteiger partial charge in [0.2, 0.25) is 11.8 Å². The molecule has 0 spiro atoms. The van der Waals surface area contributed by atoms with Gasteiger partial charge in [-0.3, -0.25) is 14.4 Å². The van der Waals surface area contributed by atoms with Crippen LogP contribution < -0.4 is 5.32 Å². The molecule has 10 heteroatoms. The van der Waals surface area contributed by atoms with E-state index in [0.717, 1.165) is 4.90 Å². The lowest BCUT2D eigenvalue weighted by Gasteiger charge is -2.37. The molecule has 1 aliphatic heterocycles. The number of alkyl halides is 2. The van der Waals surface area contributed by atoms with E-state index >= 15 is 0 Å². The maximum absolute atomic E-state index is 13.8. The molecule has 2 rings (SSSR count). The summed E-state index contributed by atoms with van der Waals surface area (Å²) < 4.78 is 32.8. The molecule has 1 heterocycles. The molecule has 2 atom stereocenters. The minimum atomic E-state index is -3.01. The van der Waals surface area contributed by atoms with Crippen molar-refractivity contribution in [3.63, 3.8) is 0 Å². The highest BCUT2D eigenvalue weighted by Gasteiger charge is 2.48. The van der Waals surface area contributed by atoms with Crippen molar-refractivity contribution in [2.75, 3.05) is 27.2 Å². The summed E-state index contributed by atoms with van der Waals surface area (Å²) in [5.74, 6) is -5.41. The van der Waals surface area contributed by atoms with Gasteiger partial charge in [-0.15, -0.1) is 0 Å². The van der Waals surface area contributed by atoms with E-state index < -0.39 is 54.4 Å². The van der Waals surface area contributed by atoms with E-state index in [9.17, 15) is 28.0 Å². The molecule has 0 aromatic heterocycles. The van der Waals surface area contributed by atoms with Crippen LogP contribution in [0.5, 0.6) is 0 Å². The number of carbonyl (C=O) groups is 4. The first-order chi connectivity index (χ1) is 14.2. The van der Waals surface area contributed by atoms with Crippen LogP contribution in [-0.2, 0) is 19.1 Å². The summed E-state index contributed by atoms with van der Waals surface area (Å²) in [5, 5.41) is 2.49. The fourth-order valence-electron chi connectivity index (χ4n) is 4.10. The topological polar surface area (TPSA) is 96.0 Å². The Morgan fingerprint density at radius 2 is 1.77 bits per heavy atom.